The van der Waals surface area contributed by atoms with Crippen LogP contribution < -0.4 is 10.2 Å². The standard InChI is InChI=1S/C18H24N2OS/c1-13(2)15-5-7-16(8-6-15)19-18(21)12-20(4)11-17-14(3)9-10-22-17/h5-10,13H,11-12H2,1-4H3,(H,19,21)/p+1. The average Bonchev–Trinajstić information content (AvgIpc) is 2.84. The minimum Gasteiger partial charge on any atom is -0.325 e. The van der Waals surface area contributed by atoms with Crippen molar-refractivity contribution in [2.45, 2.75) is 33.2 Å². The summed E-state index contributed by atoms with van der Waals surface area (Å²) in [5.41, 5.74) is 3.47. The molecule has 1 amide bonds. The summed E-state index contributed by atoms with van der Waals surface area (Å²) in [6.45, 7) is 7.82. The zero-order valence-corrected chi connectivity index (χ0v) is 14.6. The molecule has 0 aliphatic rings. The van der Waals surface area contributed by atoms with Gasteiger partial charge in [-0.2, -0.15) is 0 Å². The lowest BCUT2D eigenvalue weighted by molar-refractivity contribution is -0.884. The minimum atomic E-state index is 0.0593. The Bertz CT molecular complexity index is 616. The van der Waals surface area contributed by atoms with E-state index < -0.39 is 0 Å². The molecule has 1 unspecified atom stereocenters. The lowest BCUT2D eigenvalue weighted by Gasteiger charge is -2.14. The first-order valence-electron chi connectivity index (χ1n) is 7.69. The lowest BCUT2D eigenvalue weighted by Crippen LogP contribution is -3.08. The number of aryl methyl sites for hydroxylation is 1. The molecule has 0 fully saturated rings. The van der Waals surface area contributed by atoms with E-state index in [1.54, 1.807) is 11.3 Å². The number of anilines is 1. The second kappa shape index (κ2) is 7.56. The van der Waals surface area contributed by atoms with E-state index in [-0.39, 0.29) is 5.91 Å². The van der Waals surface area contributed by atoms with E-state index in [9.17, 15) is 4.79 Å². The molecule has 0 radical (unpaired) electrons. The molecule has 1 aromatic carbocycles. The third-order valence-corrected chi connectivity index (χ3v) is 4.78. The van der Waals surface area contributed by atoms with Crippen molar-refractivity contribution in [2.24, 2.45) is 0 Å². The van der Waals surface area contributed by atoms with Gasteiger partial charge < -0.3 is 10.2 Å². The lowest BCUT2D eigenvalue weighted by atomic mass is 10.0. The number of carbonyl (C=O) groups is 1. The van der Waals surface area contributed by atoms with Crippen molar-refractivity contribution in [2.75, 3.05) is 18.9 Å². The van der Waals surface area contributed by atoms with Gasteiger partial charge in [0, 0.05) is 5.69 Å². The molecule has 0 aliphatic heterocycles. The molecule has 2 N–H and O–H groups in total. The molecule has 3 nitrogen and oxygen atoms in total. The van der Waals surface area contributed by atoms with Gasteiger partial charge in [-0.15, -0.1) is 11.3 Å². The fourth-order valence-corrected chi connectivity index (χ4v) is 3.37. The molecule has 0 spiro atoms. The minimum absolute atomic E-state index is 0.0593. The van der Waals surface area contributed by atoms with Gasteiger partial charge in [0.2, 0.25) is 0 Å². The molecule has 0 bridgehead atoms. The molecule has 4 heteroatoms. The third kappa shape index (κ3) is 4.68. The predicted octanol–water partition coefficient (Wildman–Crippen LogP) is 2.83. The van der Waals surface area contributed by atoms with E-state index in [1.807, 2.05) is 12.1 Å². The molecule has 2 rings (SSSR count). The number of carbonyl (C=O) groups excluding carboxylic acids is 1. The summed E-state index contributed by atoms with van der Waals surface area (Å²) in [5, 5.41) is 5.08. The zero-order valence-electron chi connectivity index (χ0n) is 13.8. The van der Waals surface area contributed by atoms with Crippen molar-refractivity contribution in [1.82, 2.24) is 0 Å². The van der Waals surface area contributed by atoms with Gasteiger partial charge in [-0.05, 0) is 47.5 Å². The van der Waals surface area contributed by atoms with E-state index in [0.717, 1.165) is 12.2 Å². The van der Waals surface area contributed by atoms with Crippen molar-refractivity contribution >= 4 is 22.9 Å². The summed E-state index contributed by atoms with van der Waals surface area (Å²) in [7, 11) is 2.06. The molecule has 22 heavy (non-hydrogen) atoms. The van der Waals surface area contributed by atoms with Crippen LogP contribution in [0.2, 0.25) is 0 Å². The summed E-state index contributed by atoms with van der Waals surface area (Å²) < 4.78 is 0. The highest BCUT2D eigenvalue weighted by Gasteiger charge is 2.12. The highest BCUT2D eigenvalue weighted by molar-refractivity contribution is 7.10. The maximum Gasteiger partial charge on any atom is 0.279 e. The number of amides is 1. The van der Waals surface area contributed by atoms with Gasteiger partial charge in [-0.1, -0.05) is 26.0 Å². The molecule has 0 saturated heterocycles. The van der Waals surface area contributed by atoms with Crippen LogP contribution >= 0.6 is 11.3 Å². The van der Waals surface area contributed by atoms with Gasteiger partial charge in [0.05, 0.1) is 11.9 Å². The topological polar surface area (TPSA) is 33.5 Å². The second-order valence-corrected chi connectivity index (χ2v) is 7.16. The van der Waals surface area contributed by atoms with E-state index >= 15 is 0 Å². The molecule has 2 aromatic rings. The van der Waals surface area contributed by atoms with Crippen LogP contribution in [-0.4, -0.2) is 19.5 Å². The number of likely N-dealkylation sites (N-methyl/N-ethyl adjacent to an activating group) is 1. The van der Waals surface area contributed by atoms with E-state index in [4.69, 9.17) is 0 Å². The Morgan fingerprint density at radius 2 is 1.91 bits per heavy atom. The maximum absolute atomic E-state index is 12.1. The SMILES string of the molecule is Cc1ccsc1C[NH+](C)CC(=O)Nc1ccc(C(C)C)cc1. The summed E-state index contributed by atoms with van der Waals surface area (Å²) in [6, 6.07) is 10.2. The van der Waals surface area contributed by atoms with Crippen LogP contribution in [0.4, 0.5) is 5.69 Å². The van der Waals surface area contributed by atoms with Crippen molar-refractivity contribution in [1.29, 1.82) is 0 Å². The van der Waals surface area contributed by atoms with Crippen LogP contribution in [0.15, 0.2) is 35.7 Å². The number of thiophene rings is 1. The van der Waals surface area contributed by atoms with Crippen LogP contribution in [0.25, 0.3) is 0 Å². The normalized spacial score (nSPS) is 12.4. The van der Waals surface area contributed by atoms with Crippen LogP contribution in [0.3, 0.4) is 0 Å². The van der Waals surface area contributed by atoms with E-state index in [2.05, 4.69) is 56.7 Å². The number of nitrogens with one attached hydrogen (secondary N) is 2. The molecule has 1 atom stereocenters. The van der Waals surface area contributed by atoms with Gasteiger partial charge in [0.1, 0.15) is 6.54 Å². The monoisotopic (exact) mass is 317 g/mol. The van der Waals surface area contributed by atoms with Crippen molar-refractivity contribution in [3.8, 4) is 0 Å². The quantitative estimate of drug-likeness (QED) is 0.844. The molecule has 0 aliphatic carbocycles. The molecular formula is C18H25N2OS+. The summed E-state index contributed by atoms with van der Waals surface area (Å²) in [4.78, 5) is 14.7. The van der Waals surface area contributed by atoms with Crippen LogP contribution in [0.1, 0.15) is 35.8 Å². The molecule has 1 aromatic heterocycles. The van der Waals surface area contributed by atoms with Crippen LogP contribution in [0, 0.1) is 6.92 Å². The van der Waals surface area contributed by atoms with Crippen LogP contribution in [0.5, 0.6) is 0 Å². The molecule has 1 heterocycles. The predicted molar refractivity (Wildman–Crippen MR) is 93.7 cm³/mol. The Morgan fingerprint density at radius 1 is 1.23 bits per heavy atom. The Labute approximate surface area is 137 Å². The highest BCUT2D eigenvalue weighted by atomic mass is 32.1. The van der Waals surface area contributed by atoms with E-state index in [0.29, 0.717) is 12.5 Å². The fourth-order valence-electron chi connectivity index (χ4n) is 2.35. The smallest absolute Gasteiger partial charge is 0.279 e. The first-order chi connectivity index (χ1) is 10.5. The second-order valence-electron chi connectivity index (χ2n) is 6.16. The largest absolute Gasteiger partial charge is 0.325 e. The molecular weight excluding hydrogens is 292 g/mol. The number of hydrogen-bond donors (Lipinski definition) is 2. The number of rotatable bonds is 6. The first-order valence-corrected chi connectivity index (χ1v) is 8.57. The van der Waals surface area contributed by atoms with Gasteiger partial charge in [-0.25, -0.2) is 0 Å². The highest BCUT2D eigenvalue weighted by Crippen LogP contribution is 2.17. The van der Waals surface area contributed by atoms with Crippen molar-refractivity contribution in [3.05, 3.63) is 51.7 Å². The third-order valence-electron chi connectivity index (χ3n) is 3.75. The molecule has 118 valence electrons. The fraction of sp³-hybridized carbons (Fsp3) is 0.389. The summed E-state index contributed by atoms with van der Waals surface area (Å²) >= 11 is 1.76. The summed E-state index contributed by atoms with van der Waals surface area (Å²) in [5.74, 6) is 0.568. The van der Waals surface area contributed by atoms with Crippen LogP contribution in [-0.2, 0) is 11.3 Å². The first kappa shape index (κ1) is 16.7. The Kier molecular flexibility index (Phi) is 5.75. The summed E-state index contributed by atoms with van der Waals surface area (Å²) in [6.07, 6.45) is 0. The van der Waals surface area contributed by atoms with Gasteiger partial charge in [0.25, 0.3) is 5.91 Å². The van der Waals surface area contributed by atoms with E-state index in [1.165, 1.54) is 20.9 Å². The average molecular weight is 317 g/mol. The number of quaternary nitrogens is 1. The zero-order chi connectivity index (χ0) is 16.1. The Hall–Kier alpha value is -1.65. The van der Waals surface area contributed by atoms with Crippen molar-refractivity contribution in [3.63, 3.8) is 0 Å². The van der Waals surface area contributed by atoms with Gasteiger partial charge in [0.15, 0.2) is 6.54 Å². The molecule has 0 saturated carbocycles. The number of hydrogen-bond acceptors (Lipinski definition) is 2. The Morgan fingerprint density at radius 3 is 2.45 bits per heavy atom. The maximum atomic E-state index is 12.1. The Balaban J connectivity index is 1.85. The number of benzene rings is 1. The van der Waals surface area contributed by atoms with Gasteiger partial charge in [-0.3, -0.25) is 4.79 Å². The van der Waals surface area contributed by atoms with Crippen molar-refractivity contribution < 1.29 is 9.69 Å². The van der Waals surface area contributed by atoms with Gasteiger partial charge >= 0.3 is 0 Å².